The van der Waals surface area contributed by atoms with Crippen LogP contribution in [0.2, 0.25) is 14.8 Å². The Morgan fingerprint density at radius 1 is 1.40 bits per heavy atom. The molecule has 1 fully saturated rings. The molecule has 20 heavy (non-hydrogen) atoms. The van der Waals surface area contributed by atoms with Gasteiger partial charge in [0, 0.05) is 0 Å². The topological polar surface area (TPSA) is 41.6 Å². The van der Waals surface area contributed by atoms with Gasteiger partial charge in [-0.15, -0.1) is 0 Å². The Labute approximate surface area is 129 Å². The van der Waals surface area contributed by atoms with Crippen LogP contribution in [0.15, 0.2) is 11.4 Å². The fraction of sp³-hybridized carbons (Fsp3) is 0.643. The average molecular weight is 403 g/mol. The summed E-state index contributed by atoms with van der Waals surface area (Å²) >= 11 is -0.452. The van der Waals surface area contributed by atoms with Gasteiger partial charge in [0.25, 0.3) is 0 Å². The van der Waals surface area contributed by atoms with E-state index >= 15 is 0 Å². The molecule has 1 aromatic rings. The Hall–Kier alpha value is -0.111. The van der Waals surface area contributed by atoms with Crippen molar-refractivity contribution in [2.24, 2.45) is 0 Å². The molecule has 1 aromatic heterocycles. The van der Waals surface area contributed by atoms with Gasteiger partial charge in [0.15, 0.2) is 0 Å². The van der Waals surface area contributed by atoms with Gasteiger partial charge in [0.2, 0.25) is 0 Å². The Balaban J connectivity index is 1.78. The van der Waals surface area contributed by atoms with E-state index in [1.807, 2.05) is 0 Å². The van der Waals surface area contributed by atoms with E-state index in [1.165, 1.54) is 3.58 Å². The summed E-state index contributed by atoms with van der Waals surface area (Å²) in [5.74, 6) is 0.0741. The molecule has 1 saturated heterocycles. The average Bonchev–Trinajstić information content (AvgIpc) is 2.89. The third-order valence-corrected chi connectivity index (χ3v) is 10.8. The number of nitrogens with zero attached hydrogens (tertiary/aromatic N) is 1. The Morgan fingerprint density at radius 3 is 2.70 bits per heavy atom. The number of morpholine rings is 1. The van der Waals surface area contributed by atoms with Gasteiger partial charge in [-0.05, 0) is 0 Å². The van der Waals surface area contributed by atoms with Crippen LogP contribution in [-0.4, -0.2) is 68.6 Å². The van der Waals surface area contributed by atoms with Crippen molar-refractivity contribution in [3.63, 3.8) is 0 Å². The number of rotatable bonds is 5. The van der Waals surface area contributed by atoms with Crippen molar-refractivity contribution < 1.29 is 9.53 Å². The number of nitrogens with one attached hydrogen (secondary N) is 1. The van der Waals surface area contributed by atoms with Crippen LogP contribution in [0.3, 0.4) is 0 Å². The van der Waals surface area contributed by atoms with Crippen LogP contribution in [0.1, 0.15) is 9.67 Å². The molecule has 1 N–H and O–H groups in total. The molecule has 1 aliphatic heterocycles. The van der Waals surface area contributed by atoms with Gasteiger partial charge in [-0.25, -0.2) is 0 Å². The molecular weight excluding hydrogens is 379 g/mol. The molecular formula is C14H24N2O2SSn. The summed E-state index contributed by atoms with van der Waals surface area (Å²) in [6.45, 7) is 5.17. The van der Waals surface area contributed by atoms with Crippen LogP contribution in [0.4, 0.5) is 0 Å². The van der Waals surface area contributed by atoms with Crippen molar-refractivity contribution in [2.75, 3.05) is 39.4 Å². The first-order valence-electron chi connectivity index (χ1n) is 7.14. The fourth-order valence-corrected chi connectivity index (χ4v) is 8.62. The molecule has 4 nitrogen and oxygen atoms in total. The molecule has 2 rings (SSSR count). The van der Waals surface area contributed by atoms with Crippen LogP contribution in [0.25, 0.3) is 0 Å². The summed E-state index contributed by atoms with van der Waals surface area (Å²) in [5.41, 5.74) is 0. The number of thiophene rings is 1. The fourth-order valence-electron chi connectivity index (χ4n) is 2.09. The van der Waals surface area contributed by atoms with Gasteiger partial charge in [0.1, 0.15) is 0 Å². The van der Waals surface area contributed by atoms with E-state index in [1.54, 1.807) is 11.3 Å². The third-order valence-electron chi connectivity index (χ3n) is 3.51. The summed E-state index contributed by atoms with van der Waals surface area (Å²) in [6, 6.07) is 2.10. The number of ether oxygens (including phenoxy) is 1. The predicted octanol–water partition coefficient (Wildman–Crippen LogP) is 1.36. The van der Waals surface area contributed by atoms with Crippen molar-refractivity contribution >= 4 is 39.2 Å². The second-order valence-electron chi connectivity index (χ2n) is 6.16. The summed E-state index contributed by atoms with van der Waals surface area (Å²) in [5, 5.41) is 5.20. The molecule has 2 heterocycles. The first-order valence-corrected chi connectivity index (χ1v) is 18.0. The first kappa shape index (κ1) is 16.3. The maximum absolute atomic E-state index is 12.1. The van der Waals surface area contributed by atoms with Gasteiger partial charge in [-0.2, -0.15) is 0 Å². The molecule has 112 valence electrons. The minimum atomic E-state index is -2.03. The molecule has 0 unspecified atom stereocenters. The molecule has 1 amide bonds. The molecule has 0 aromatic carbocycles. The normalized spacial score (nSPS) is 17.1. The van der Waals surface area contributed by atoms with Gasteiger partial charge in [-0.1, -0.05) is 0 Å². The minimum absolute atomic E-state index is 0.0741. The predicted molar refractivity (Wildman–Crippen MR) is 86.9 cm³/mol. The standard InChI is InChI=1S/C11H15N2O2S.3CH3.Sn/c14-11(10-2-1-9-16-10)12-3-4-13-5-7-15-8-6-13;;;;/h2,9H,3-8H2,(H,12,14);3*1H3;. The molecule has 0 radical (unpaired) electrons. The SMILES string of the molecule is [CH3][Sn]([CH3])([CH3])[c]1csc(C(=O)NCCN2CCOCC2)c1. The summed E-state index contributed by atoms with van der Waals surface area (Å²) in [6.07, 6.45) is 0. The van der Waals surface area contributed by atoms with Crippen molar-refractivity contribution in [3.8, 4) is 0 Å². The zero-order valence-electron chi connectivity index (χ0n) is 12.6. The Bertz CT molecular complexity index is 450. The quantitative estimate of drug-likeness (QED) is 0.756. The van der Waals surface area contributed by atoms with E-state index in [9.17, 15) is 4.79 Å². The summed E-state index contributed by atoms with van der Waals surface area (Å²) in [7, 11) is 0. The van der Waals surface area contributed by atoms with Crippen molar-refractivity contribution in [3.05, 3.63) is 16.3 Å². The van der Waals surface area contributed by atoms with Crippen molar-refractivity contribution in [1.82, 2.24) is 10.2 Å². The Kier molecular flexibility index (Phi) is 5.89. The molecule has 6 heteroatoms. The van der Waals surface area contributed by atoms with E-state index < -0.39 is 18.4 Å². The molecule has 0 aliphatic carbocycles. The maximum atomic E-state index is 12.1. The zero-order valence-corrected chi connectivity index (χ0v) is 16.2. The molecule has 0 bridgehead atoms. The van der Waals surface area contributed by atoms with Crippen LogP contribution >= 0.6 is 11.3 Å². The van der Waals surface area contributed by atoms with E-state index in [2.05, 4.69) is 36.5 Å². The van der Waals surface area contributed by atoms with E-state index in [0.717, 1.165) is 37.7 Å². The van der Waals surface area contributed by atoms with Gasteiger partial charge >= 0.3 is 129 Å². The second-order valence-corrected chi connectivity index (χ2v) is 21.6. The first-order chi connectivity index (χ1) is 9.47. The van der Waals surface area contributed by atoms with E-state index in [4.69, 9.17) is 4.74 Å². The molecule has 1 aliphatic rings. The number of carbonyl (C=O) groups excluding carboxylic acids is 1. The van der Waals surface area contributed by atoms with Gasteiger partial charge < -0.3 is 0 Å². The van der Waals surface area contributed by atoms with Crippen LogP contribution < -0.4 is 8.90 Å². The summed E-state index contributed by atoms with van der Waals surface area (Å²) in [4.78, 5) is 22.4. The van der Waals surface area contributed by atoms with Crippen LogP contribution in [0.5, 0.6) is 0 Å². The number of hydrogen-bond acceptors (Lipinski definition) is 4. The van der Waals surface area contributed by atoms with Gasteiger partial charge in [0.05, 0.1) is 0 Å². The molecule has 0 atom stereocenters. The van der Waals surface area contributed by atoms with Crippen molar-refractivity contribution in [2.45, 2.75) is 14.8 Å². The summed E-state index contributed by atoms with van der Waals surface area (Å²) < 4.78 is 6.74. The van der Waals surface area contributed by atoms with E-state index in [0.29, 0.717) is 6.54 Å². The Morgan fingerprint density at radius 2 is 2.10 bits per heavy atom. The second kappa shape index (κ2) is 7.24. The number of hydrogen-bond donors (Lipinski definition) is 1. The van der Waals surface area contributed by atoms with Crippen molar-refractivity contribution in [1.29, 1.82) is 0 Å². The number of amides is 1. The zero-order chi connectivity index (χ0) is 14.6. The molecule has 0 spiro atoms. The van der Waals surface area contributed by atoms with Crippen LogP contribution in [-0.2, 0) is 4.74 Å². The third kappa shape index (κ3) is 4.72. The van der Waals surface area contributed by atoms with Crippen LogP contribution in [0, 0.1) is 0 Å². The van der Waals surface area contributed by atoms with Gasteiger partial charge in [-0.3, -0.25) is 0 Å². The molecule has 0 saturated carbocycles. The number of carbonyl (C=O) groups is 1. The van der Waals surface area contributed by atoms with E-state index in [-0.39, 0.29) is 5.91 Å². The monoisotopic (exact) mass is 404 g/mol.